The molecule has 0 spiro atoms. The lowest BCUT2D eigenvalue weighted by atomic mass is 10.1. The fourth-order valence-corrected chi connectivity index (χ4v) is 3.71. The molecule has 0 radical (unpaired) electrons. The largest absolute Gasteiger partial charge is 0.491 e. The van der Waals surface area contributed by atoms with Gasteiger partial charge in [0.25, 0.3) is 0 Å². The van der Waals surface area contributed by atoms with Crippen molar-refractivity contribution in [3.63, 3.8) is 0 Å². The summed E-state index contributed by atoms with van der Waals surface area (Å²) in [6.07, 6.45) is 0. The Kier molecular flexibility index (Phi) is 7.12. The Balaban J connectivity index is 1.78. The molecule has 3 aromatic carbocycles. The summed E-state index contributed by atoms with van der Waals surface area (Å²) in [6.45, 7) is 0.973. The highest BCUT2D eigenvalue weighted by atomic mass is 32.2. The van der Waals surface area contributed by atoms with Crippen LogP contribution in [-0.4, -0.2) is 42.7 Å². The number of ether oxygens (including phenoxy) is 1. The summed E-state index contributed by atoms with van der Waals surface area (Å²) in [7, 11) is 1.77. The van der Waals surface area contributed by atoms with Crippen molar-refractivity contribution in [1.29, 1.82) is 0 Å². The van der Waals surface area contributed by atoms with Crippen LogP contribution in [0.1, 0.15) is 0 Å². The second-order valence-corrected chi connectivity index (χ2v) is 7.54. The number of likely N-dealkylation sites (N-methyl/N-ethyl adjacent to an activating group) is 1. The molecular formula is C23H23NO3S. The lowest BCUT2D eigenvalue weighted by molar-refractivity contribution is -0.138. The summed E-state index contributed by atoms with van der Waals surface area (Å²) in [5.41, 5.74) is 2.29. The van der Waals surface area contributed by atoms with E-state index in [2.05, 4.69) is 36.4 Å². The second-order valence-electron chi connectivity index (χ2n) is 6.42. The normalized spacial score (nSPS) is 10.8. The van der Waals surface area contributed by atoms with E-state index < -0.39 is 5.97 Å². The maximum Gasteiger partial charge on any atom is 0.317 e. The van der Waals surface area contributed by atoms with Crippen LogP contribution in [0, 0.1) is 0 Å². The van der Waals surface area contributed by atoms with E-state index in [4.69, 9.17) is 9.84 Å². The van der Waals surface area contributed by atoms with E-state index in [-0.39, 0.29) is 6.54 Å². The van der Waals surface area contributed by atoms with Crippen molar-refractivity contribution >= 4 is 17.7 Å². The molecule has 0 bridgehead atoms. The van der Waals surface area contributed by atoms with Crippen molar-refractivity contribution in [2.45, 2.75) is 9.79 Å². The zero-order valence-electron chi connectivity index (χ0n) is 15.7. The van der Waals surface area contributed by atoms with Gasteiger partial charge in [-0.15, -0.1) is 0 Å². The van der Waals surface area contributed by atoms with Crippen LogP contribution in [0.5, 0.6) is 5.75 Å². The minimum Gasteiger partial charge on any atom is -0.491 e. The Hall–Kier alpha value is -2.76. The molecule has 0 saturated heterocycles. The van der Waals surface area contributed by atoms with Crippen LogP contribution in [0.4, 0.5) is 0 Å². The Morgan fingerprint density at radius 1 is 0.964 bits per heavy atom. The highest BCUT2D eigenvalue weighted by Gasteiger charge is 2.10. The maximum atomic E-state index is 10.8. The molecule has 144 valence electrons. The molecule has 0 saturated carbocycles. The van der Waals surface area contributed by atoms with Crippen LogP contribution in [0.15, 0.2) is 88.7 Å². The van der Waals surface area contributed by atoms with E-state index in [0.717, 1.165) is 26.7 Å². The van der Waals surface area contributed by atoms with Crippen LogP contribution in [0.3, 0.4) is 0 Å². The fraction of sp³-hybridized carbons (Fsp3) is 0.174. The number of rotatable bonds is 9. The van der Waals surface area contributed by atoms with Crippen LogP contribution >= 0.6 is 11.8 Å². The molecule has 3 aromatic rings. The van der Waals surface area contributed by atoms with Gasteiger partial charge in [-0.2, -0.15) is 0 Å². The molecule has 0 aromatic heterocycles. The third-order valence-corrected chi connectivity index (χ3v) is 5.20. The Morgan fingerprint density at radius 2 is 1.64 bits per heavy atom. The minimum absolute atomic E-state index is 0.00191. The quantitative estimate of drug-likeness (QED) is 0.560. The zero-order valence-corrected chi connectivity index (χ0v) is 16.6. The Labute approximate surface area is 169 Å². The van der Waals surface area contributed by atoms with Crippen LogP contribution in [0.25, 0.3) is 11.1 Å². The van der Waals surface area contributed by atoms with Gasteiger partial charge in [0.1, 0.15) is 12.4 Å². The van der Waals surface area contributed by atoms with Gasteiger partial charge in [0.15, 0.2) is 0 Å². The standard InChI is InChI=1S/C23H23NO3S/c1-24(17-23(25)26)14-15-27-21-13-12-19(18-8-4-2-5-9-18)16-22(21)28-20-10-6-3-7-11-20/h2-13,16H,14-15,17H2,1H3,(H,25,26). The number of carboxylic acid groups (broad SMARTS) is 1. The highest BCUT2D eigenvalue weighted by Crippen LogP contribution is 2.37. The summed E-state index contributed by atoms with van der Waals surface area (Å²) in [4.78, 5) is 14.7. The average Bonchev–Trinajstić information content (AvgIpc) is 2.70. The monoisotopic (exact) mass is 393 g/mol. The van der Waals surface area contributed by atoms with E-state index in [0.29, 0.717) is 13.2 Å². The Morgan fingerprint density at radius 3 is 2.32 bits per heavy atom. The molecule has 0 unspecified atom stereocenters. The topological polar surface area (TPSA) is 49.8 Å². The second kappa shape index (κ2) is 9.97. The average molecular weight is 394 g/mol. The van der Waals surface area contributed by atoms with Gasteiger partial charge in [0.05, 0.1) is 11.4 Å². The van der Waals surface area contributed by atoms with Gasteiger partial charge in [0, 0.05) is 11.4 Å². The molecule has 0 atom stereocenters. The van der Waals surface area contributed by atoms with Gasteiger partial charge >= 0.3 is 5.97 Å². The first-order valence-electron chi connectivity index (χ1n) is 9.07. The van der Waals surface area contributed by atoms with E-state index in [9.17, 15) is 4.79 Å². The first kappa shape index (κ1) is 20.0. The molecule has 0 aliphatic carbocycles. The van der Waals surface area contributed by atoms with Gasteiger partial charge in [-0.3, -0.25) is 9.69 Å². The number of carboxylic acids is 1. The number of hydrogen-bond acceptors (Lipinski definition) is 4. The number of benzene rings is 3. The fourth-order valence-electron chi connectivity index (χ4n) is 2.75. The smallest absolute Gasteiger partial charge is 0.317 e. The first-order valence-corrected chi connectivity index (χ1v) is 9.89. The van der Waals surface area contributed by atoms with Crippen molar-refractivity contribution in [2.24, 2.45) is 0 Å². The number of carbonyl (C=O) groups is 1. The van der Waals surface area contributed by atoms with Crippen molar-refractivity contribution in [3.05, 3.63) is 78.9 Å². The van der Waals surface area contributed by atoms with Crippen molar-refractivity contribution in [1.82, 2.24) is 4.90 Å². The van der Waals surface area contributed by atoms with Crippen molar-refractivity contribution in [3.8, 4) is 16.9 Å². The first-order chi connectivity index (χ1) is 13.6. The zero-order chi connectivity index (χ0) is 19.8. The molecule has 0 aliphatic rings. The molecule has 1 N–H and O–H groups in total. The number of hydrogen-bond donors (Lipinski definition) is 1. The predicted octanol–water partition coefficient (Wildman–Crippen LogP) is 4.90. The summed E-state index contributed by atoms with van der Waals surface area (Å²) >= 11 is 1.66. The van der Waals surface area contributed by atoms with E-state index in [1.807, 2.05) is 42.5 Å². The summed E-state index contributed by atoms with van der Waals surface area (Å²) in [5, 5.41) is 8.86. The van der Waals surface area contributed by atoms with Crippen molar-refractivity contribution in [2.75, 3.05) is 26.7 Å². The van der Waals surface area contributed by atoms with E-state index >= 15 is 0 Å². The molecule has 4 nitrogen and oxygen atoms in total. The molecule has 0 heterocycles. The van der Waals surface area contributed by atoms with Gasteiger partial charge in [-0.1, -0.05) is 66.4 Å². The van der Waals surface area contributed by atoms with Crippen LogP contribution < -0.4 is 4.74 Å². The number of aliphatic carboxylic acids is 1. The summed E-state index contributed by atoms with van der Waals surface area (Å²) < 4.78 is 6.00. The lowest BCUT2D eigenvalue weighted by Crippen LogP contribution is -2.29. The third kappa shape index (κ3) is 5.87. The van der Waals surface area contributed by atoms with Crippen LogP contribution in [0.2, 0.25) is 0 Å². The number of nitrogens with zero attached hydrogens (tertiary/aromatic N) is 1. The molecule has 28 heavy (non-hydrogen) atoms. The van der Waals surface area contributed by atoms with Gasteiger partial charge in [-0.25, -0.2) is 0 Å². The van der Waals surface area contributed by atoms with Gasteiger partial charge in [0.2, 0.25) is 0 Å². The summed E-state index contributed by atoms with van der Waals surface area (Å²) in [6, 6.07) is 26.6. The van der Waals surface area contributed by atoms with Gasteiger partial charge < -0.3 is 9.84 Å². The highest BCUT2D eigenvalue weighted by molar-refractivity contribution is 7.99. The Bertz CT molecular complexity index is 900. The summed E-state index contributed by atoms with van der Waals surface area (Å²) in [5.74, 6) is -0.0349. The van der Waals surface area contributed by atoms with E-state index in [1.54, 1.807) is 23.7 Å². The molecular weight excluding hydrogens is 370 g/mol. The molecule has 0 amide bonds. The van der Waals surface area contributed by atoms with Gasteiger partial charge in [-0.05, 0) is 42.4 Å². The van der Waals surface area contributed by atoms with Crippen LogP contribution in [-0.2, 0) is 4.79 Å². The lowest BCUT2D eigenvalue weighted by Gasteiger charge is -2.17. The third-order valence-electron chi connectivity index (χ3n) is 4.16. The molecule has 5 heteroatoms. The predicted molar refractivity (Wildman–Crippen MR) is 113 cm³/mol. The maximum absolute atomic E-state index is 10.8. The molecule has 0 fully saturated rings. The molecule has 3 rings (SSSR count). The van der Waals surface area contributed by atoms with E-state index in [1.165, 1.54) is 0 Å². The van der Waals surface area contributed by atoms with Crippen molar-refractivity contribution < 1.29 is 14.6 Å². The SMILES string of the molecule is CN(CCOc1ccc(-c2ccccc2)cc1Sc1ccccc1)CC(=O)O. The minimum atomic E-state index is -0.838. The molecule has 0 aliphatic heterocycles.